The number of alkyl halides is 5. The number of benzene rings is 1. The number of hydrogen-bond donors (Lipinski definition) is 0. The molecule has 1 fully saturated rings. The molecule has 1 saturated carbocycles. The van der Waals surface area contributed by atoms with Crippen LogP contribution in [0.2, 0.25) is 0 Å². The number of rotatable bonds is 6. The molecule has 27 heavy (non-hydrogen) atoms. The summed E-state index contributed by atoms with van der Waals surface area (Å²) < 4.78 is 87.7. The Balaban J connectivity index is 1.98. The van der Waals surface area contributed by atoms with E-state index < -0.39 is 35.5 Å². The van der Waals surface area contributed by atoms with Crippen molar-refractivity contribution in [3.05, 3.63) is 48.5 Å². The maximum atomic E-state index is 14.3. The predicted molar refractivity (Wildman–Crippen MR) is 88.1 cm³/mol. The molecule has 0 spiro atoms. The van der Waals surface area contributed by atoms with Gasteiger partial charge in [0.25, 0.3) is 0 Å². The van der Waals surface area contributed by atoms with E-state index in [0.717, 1.165) is 12.1 Å². The van der Waals surface area contributed by atoms with Gasteiger partial charge in [0.15, 0.2) is 11.6 Å². The van der Waals surface area contributed by atoms with Crippen molar-refractivity contribution in [1.82, 2.24) is 0 Å². The summed E-state index contributed by atoms with van der Waals surface area (Å²) in [4.78, 5) is 0. The van der Waals surface area contributed by atoms with E-state index in [9.17, 15) is 26.3 Å². The summed E-state index contributed by atoms with van der Waals surface area (Å²) in [5.74, 6) is -2.75. The second-order valence-corrected chi connectivity index (χ2v) is 6.36. The average Bonchev–Trinajstić information content (AvgIpc) is 2.56. The Bertz CT molecular complexity index is 673. The Hall–Kier alpha value is -2.12. The van der Waals surface area contributed by atoms with Crippen LogP contribution in [0, 0.1) is 17.7 Å². The molecule has 0 aliphatic heterocycles. The standard InChI is InChI=1S/C19H20F6O2/c1-2-3-13-4-6-14(7-5-13)19(24,25)27-15-8-9-17(16(20)12-15)26-11-10-18(21,22)23/h2-3,8-14H,4-7H2,1H3/b3-2+,11-10+. The van der Waals surface area contributed by atoms with Crippen LogP contribution in [0.4, 0.5) is 26.3 Å². The van der Waals surface area contributed by atoms with E-state index in [0.29, 0.717) is 18.9 Å². The maximum Gasteiger partial charge on any atom is 0.412 e. The highest BCUT2D eigenvalue weighted by Crippen LogP contribution is 2.40. The van der Waals surface area contributed by atoms with Crippen molar-refractivity contribution < 1.29 is 35.8 Å². The minimum atomic E-state index is -4.60. The van der Waals surface area contributed by atoms with E-state index in [1.165, 1.54) is 0 Å². The fourth-order valence-electron chi connectivity index (χ4n) is 2.99. The smallest absolute Gasteiger partial charge is 0.412 e. The fourth-order valence-corrected chi connectivity index (χ4v) is 2.99. The SMILES string of the molecule is C/C=C/C1CCC(C(F)(F)Oc2ccc(O/C=C/C(F)(F)F)c(F)c2)CC1. The lowest BCUT2D eigenvalue weighted by molar-refractivity contribution is -0.223. The lowest BCUT2D eigenvalue weighted by Gasteiger charge is -2.32. The molecule has 0 bridgehead atoms. The molecule has 8 heteroatoms. The van der Waals surface area contributed by atoms with Crippen LogP contribution in [-0.4, -0.2) is 12.3 Å². The number of ether oxygens (including phenoxy) is 2. The molecule has 1 aliphatic rings. The minimum absolute atomic E-state index is 0.213. The van der Waals surface area contributed by atoms with Gasteiger partial charge in [0, 0.05) is 6.07 Å². The van der Waals surface area contributed by atoms with Crippen LogP contribution in [0.1, 0.15) is 32.6 Å². The van der Waals surface area contributed by atoms with E-state index in [2.05, 4.69) is 9.47 Å². The quantitative estimate of drug-likeness (QED) is 0.306. The highest BCUT2D eigenvalue weighted by atomic mass is 19.4. The third-order valence-electron chi connectivity index (χ3n) is 4.32. The molecule has 0 N–H and O–H groups in total. The first-order valence-electron chi connectivity index (χ1n) is 8.51. The monoisotopic (exact) mass is 394 g/mol. The van der Waals surface area contributed by atoms with Crippen LogP contribution in [0.5, 0.6) is 11.5 Å². The molecular weight excluding hydrogens is 374 g/mol. The van der Waals surface area contributed by atoms with Gasteiger partial charge >= 0.3 is 12.3 Å². The Morgan fingerprint density at radius 2 is 1.70 bits per heavy atom. The third-order valence-corrected chi connectivity index (χ3v) is 4.32. The lowest BCUT2D eigenvalue weighted by Crippen LogP contribution is -2.37. The average molecular weight is 394 g/mol. The summed E-state index contributed by atoms with van der Waals surface area (Å²) >= 11 is 0. The van der Waals surface area contributed by atoms with Gasteiger partial charge in [-0.1, -0.05) is 12.2 Å². The summed E-state index contributed by atoms with van der Waals surface area (Å²) in [5, 5.41) is 0. The summed E-state index contributed by atoms with van der Waals surface area (Å²) in [6.07, 6.45) is -2.29. The summed E-state index contributed by atoms with van der Waals surface area (Å²) in [5.41, 5.74) is 0. The molecule has 0 radical (unpaired) electrons. The molecule has 1 aliphatic carbocycles. The maximum absolute atomic E-state index is 14.3. The molecule has 0 unspecified atom stereocenters. The molecule has 150 valence electrons. The van der Waals surface area contributed by atoms with Crippen molar-refractivity contribution in [2.24, 2.45) is 11.8 Å². The van der Waals surface area contributed by atoms with Gasteiger partial charge in [-0.2, -0.15) is 22.0 Å². The minimum Gasteiger partial charge on any atom is -0.462 e. The molecule has 1 aromatic carbocycles. The van der Waals surface area contributed by atoms with Gasteiger partial charge in [0.2, 0.25) is 0 Å². The molecule has 2 nitrogen and oxygen atoms in total. The predicted octanol–water partition coefficient (Wildman–Crippen LogP) is 6.63. The van der Waals surface area contributed by atoms with Crippen LogP contribution in [0.25, 0.3) is 0 Å². The highest BCUT2D eigenvalue weighted by Gasteiger charge is 2.43. The van der Waals surface area contributed by atoms with E-state index >= 15 is 0 Å². The van der Waals surface area contributed by atoms with Crippen molar-refractivity contribution in [3.8, 4) is 11.5 Å². The van der Waals surface area contributed by atoms with Crippen LogP contribution < -0.4 is 9.47 Å². The van der Waals surface area contributed by atoms with E-state index in [4.69, 9.17) is 0 Å². The van der Waals surface area contributed by atoms with Gasteiger partial charge < -0.3 is 9.47 Å². The Morgan fingerprint density at radius 1 is 1.04 bits per heavy atom. The molecule has 0 aromatic heterocycles. The van der Waals surface area contributed by atoms with E-state index in [1.807, 2.05) is 19.1 Å². The molecule has 1 aromatic rings. The van der Waals surface area contributed by atoms with Gasteiger partial charge in [-0.3, -0.25) is 0 Å². The Labute approximate surface area is 153 Å². The van der Waals surface area contributed by atoms with Crippen molar-refractivity contribution >= 4 is 0 Å². The summed E-state index contributed by atoms with van der Waals surface area (Å²) in [6, 6.07) is 2.62. The first kappa shape index (κ1) is 21.2. The second kappa shape index (κ2) is 8.71. The third kappa shape index (κ3) is 6.52. The van der Waals surface area contributed by atoms with Crippen molar-refractivity contribution in [2.75, 3.05) is 0 Å². The van der Waals surface area contributed by atoms with E-state index in [-0.39, 0.29) is 31.1 Å². The van der Waals surface area contributed by atoms with Gasteiger partial charge in [0.1, 0.15) is 5.75 Å². The molecule has 2 rings (SSSR count). The van der Waals surface area contributed by atoms with Gasteiger partial charge in [0.05, 0.1) is 18.3 Å². The highest BCUT2D eigenvalue weighted by molar-refractivity contribution is 5.33. The zero-order chi connectivity index (χ0) is 20.1. The molecule has 0 amide bonds. The normalized spacial score (nSPS) is 21.7. The van der Waals surface area contributed by atoms with Crippen molar-refractivity contribution in [1.29, 1.82) is 0 Å². The van der Waals surface area contributed by atoms with Gasteiger partial charge in [-0.15, -0.1) is 0 Å². The number of hydrogen-bond acceptors (Lipinski definition) is 2. The summed E-state index contributed by atoms with van der Waals surface area (Å²) in [7, 11) is 0. The largest absolute Gasteiger partial charge is 0.462 e. The Kier molecular flexibility index (Phi) is 6.84. The van der Waals surface area contributed by atoms with Crippen LogP contribution in [-0.2, 0) is 0 Å². The zero-order valence-electron chi connectivity index (χ0n) is 14.6. The molecule has 0 heterocycles. The van der Waals surface area contributed by atoms with Crippen LogP contribution in [0.3, 0.4) is 0 Å². The number of halogens is 6. The van der Waals surface area contributed by atoms with Crippen molar-refractivity contribution in [3.63, 3.8) is 0 Å². The topological polar surface area (TPSA) is 18.5 Å². The first-order valence-corrected chi connectivity index (χ1v) is 8.51. The van der Waals surface area contributed by atoms with Crippen molar-refractivity contribution in [2.45, 2.75) is 44.9 Å². The summed E-state index contributed by atoms with van der Waals surface area (Å²) in [6.45, 7) is 1.88. The van der Waals surface area contributed by atoms with Crippen LogP contribution >= 0.6 is 0 Å². The van der Waals surface area contributed by atoms with Gasteiger partial charge in [-0.25, -0.2) is 4.39 Å². The molecule has 0 atom stereocenters. The molecular formula is C19H20F6O2. The second-order valence-electron chi connectivity index (χ2n) is 6.36. The lowest BCUT2D eigenvalue weighted by atomic mass is 9.81. The Morgan fingerprint density at radius 3 is 2.26 bits per heavy atom. The first-order chi connectivity index (χ1) is 12.6. The van der Waals surface area contributed by atoms with Crippen LogP contribution in [0.15, 0.2) is 42.7 Å². The van der Waals surface area contributed by atoms with Gasteiger partial charge in [-0.05, 0) is 50.7 Å². The van der Waals surface area contributed by atoms with E-state index in [1.54, 1.807) is 0 Å². The fraction of sp³-hybridized carbons (Fsp3) is 0.474. The molecule has 0 saturated heterocycles. The zero-order valence-corrected chi connectivity index (χ0v) is 14.6. The number of allylic oxidation sites excluding steroid dienone is 3.